The average Bonchev–Trinajstić information content (AvgIpc) is 2.28. The lowest BCUT2D eigenvalue weighted by Gasteiger charge is -2.07. The lowest BCUT2D eigenvalue weighted by Crippen LogP contribution is -2.28. The number of amides is 2. The van der Waals surface area contributed by atoms with E-state index in [1.165, 1.54) is 18.2 Å². The zero-order valence-electron chi connectivity index (χ0n) is 8.66. The zero-order chi connectivity index (χ0) is 12.8. The molecule has 0 spiro atoms. The van der Waals surface area contributed by atoms with Gasteiger partial charge in [-0.1, -0.05) is 17.5 Å². The van der Waals surface area contributed by atoms with Crippen LogP contribution in [-0.2, 0) is 0 Å². The molecule has 0 saturated heterocycles. The fourth-order valence-corrected chi connectivity index (χ4v) is 1.28. The second kappa shape index (κ2) is 5.77. The van der Waals surface area contributed by atoms with Crippen molar-refractivity contribution in [3.8, 4) is 12.3 Å². The van der Waals surface area contributed by atoms with Crippen LogP contribution in [0.2, 0.25) is 5.02 Å². The topological polar surface area (TPSA) is 78.4 Å². The highest BCUT2D eigenvalue weighted by molar-refractivity contribution is 6.34. The Labute approximate surface area is 103 Å². The van der Waals surface area contributed by atoms with Gasteiger partial charge in [0.1, 0.15) is 0 Å². The van der Waals surface area contributed by atoms with E-state index >= 15 is 0 Å². The van der Waals surface area contributed by atoms with Crippen molar-refractivity contribution in [1.82, 2.24) is 5.32 Å². The Morgan fingerprint density at radius 2 is 2.18 bits per heavy atom. The summed E-state index contributed by atoms with van der Waals surface area (Å²) in [4.78, 5) is 21.9. The molecule has 0 aliphatic heterocycles. The van der Waals surface area contributed by atoms with E-state index in [4.69, 9.17) is 23.1 Å². The van der Waals surface area contributed by atoms with Crippen LogP contribution in [0, 0.1) is 12.3 Å². The molecular weight excluding hydrogens is 244 g/mol. The third-order valence-electron chi connectivity index (χ3n) is 1.82. The maximum atomic E-state index is 11.2. The third kappa shape index (κ3) is 3.70. The first-order chi connectivity index (χ1) is 8.04. The number of hydrogen-bond acceptors (Lipinski definition) is 2. The van der Waals surface area contributed by atoms with Gasteiger partial charge in [-0.25, -0.2) is 9.59 Å². The molecular formula is C11H9ClN2O3. The Balaban J connectivity index is 2.76. The van der Waals surface area contributed by atoms with Crippen LogP contribution < -0.4 is 10.6 Å². The summed E-state index contributed by atoms with van der Waals surface area (Å²) in [7, 11) is 0. The summed E-state index contributed by atoms with van der Waals surface area (Å²) in [5.74, 6) is 1.15. The summed E-state index contributed by atoms with van der Waals surface area (Å²) < 4.78 is 0. The van der Waals surface area contributed by atoms with Crippen LogP contribution in [-0.4, -0.2) is 23.7 Å². The SMILES string of the molecule is C#CCNC(=O)Nc1ccc(C(=O)O)cc1Cl. The van der Waals surface area contributed by atoms with Crippen molar-refractivity contribution in [3.63, 3.8) is 0 Å². The Bertz CT molecular complexity index is 494. The Morgan fingerprint density at radius 3 is 2.71 bits per heavy atom. The van der Waals surface area contributed by atoms with Crippen LogP contribution in [0.1, 0.15) is 10.4 Å². The maximum absolute atomic E-state index is 11.2. The molecule has 5 nitrogen and oxygen atoms in total. The molecule has 0 atom stereocenters. The third-order valence-corrected chi connectivity index (χ3v) is 2.13. The van der Waals surface area contributed by atoms with E-state index in [0.717, 1.165) is 0 Å². The number of carbonyl (C=O) groups is 2. The summed E-state index contributed by atoms with van der Waals surface area (Å²) in [6, 6.07) is 3.49. The number of carboxylic acid groups (broad SMARTS) is 1. The molecule has 1 aromatic carbocycles. The largest absolute Gasteiger partial charge is 0.478 e. The van der Waals surface area contributed by atoms with E-state index in [0.29, 0.717) is 5.69 Å². The highest BCUT2D eigenvalue weighted by Gasteiger charge is 2.08. The van der Waals surface area contributed by atoms with E-state index in [1.54, 1.807) is 0 Å². The molecule has 0 fully saturated rings. The van der Waals surface area contributed by atoms with Crippen LogP contribution in [0.5, 0.6) is 0 Å². The fourth-order valence-electron chi connectivity index (χ4n) is 1.05. The van der Waals surface area contributed by atoms with Crippen LogP contribution in [0.3, 0.4) is 0 Å². The second-order valence-electron chi connectivity index (χ2n) is 3.01. The molecule has 0 aromatic heterocycles. The molecule has 0 aliphatic rings. The Kier molecular flexibility index (Phi) is 4.37. The molecule has 0 saturated carbocycles. The summed E-state index contributed by atoms with van der Waals surface area (Å²) in [6.45, 7) is 0.0939. The number of urea groups is 1. The summed E-state index contributed by atoms with van der Waals surface area (Å²) >= 11 is 5.81. The normalized spacial score (nSPS) is 9.18. The monoisotopic (exact) mass is 252 g/mol. The van der Waals surface area contributed by atoms with Crippen LogP contribution in [0.4, 0.5) is 10.5 Å². The van der Waals surface area contributed by atoms with Crippen molar-refractivity contribution in [2.24, 2.45) is 0 Å². The molecule has 2 amide bonds. The van der Waals surface area contributed by atoms with Gasteiger partial charge in [-0.2, -0.15) is 0 Å². The lowest BCUT2D eigenvalue weighted by molar-refractivity contribution is 0.0697. The predicted octanol–water partition coefficient (Wildman–Crippen LogP) is 1.79. The molecule has 3 N–H and O–H groups in total. The van der Waals surface area contributed by atoms with Gasteiger partial charge in [-0.3, -0.25) is 0 Å². The van der Waals surface area contributed by atoms with Gasteiger partial charge in [0.2, 0.25) is 0 Å². The van der Waals surface area contributed by atoms with Gasteiger partial charge in [-0.15, -0.1) is 6.42 Å². The number of carbonyl (C=O) groups excluding carboxylic acids is 1. The van der Waals surface area contributed by atoms with Crippen LogP contribution >= 0.6 is 11.6 Å². The van der Waals surface area contributed by atoms with Crippen LogP contribution in [0.15, 0.2) is 18.2 Å². The molecule has 0 aliphatic carbocycles. The van der Waals surface area contributed by atoms with Crippen molar-refractivity contribution >= 4 is 29.3 Å². The van der Waals surface area contributed by atoms with E-state index < -0.39 is 12.0 Å². The second-order valence-corrected chi connectivity index (χ2v) is 3.42. The van der Waals surface area contributed by atoms with E-state index in [9.17, 15) is 9.59 Å². The van der Waals surface area contributed by atoms with Crippen LogP contribution in [0.25, 0.3) is 0 Å². The minimum atomic E-state index is -1.09. The maximum Gasteiger partial charge on any atom is 0.335 e. The van der Waals surface area contributed by atoms with Gasteiger partial charge in [0.15, 0.2) is 0 Å². The first-order valence-corrected chi connectivity index (χ1v) is 4.93. The highest BCUT2D eigenvalue weighted by atomic mass is 35.5. The minimum absolute atomic E-state index is 0.0459. The molecule has 1 rings (SSSR count). The Hall–Kier alpha value is -2.19. The van der Waals surface area contributed by atoms with E-state index in [2.05, 4.69) is 16.6 Å². The number of terminal acetylenes is 1. The summed E-state index contributed by atoms with van der Waals surface area (Å²) in [5, 5.41) is 13.7. The van der Waals surface area contributed by atoms with Crippen molar-refractivity contribution in [2.75, 3.05) is 11.9 Å². The molecule has 0 unspecified atom stereocenters. The van der Waals surface area contributed by atoms with Gasteiger partial charge in [0.25, 0.3) is 0 Å². The molecule has 17 heavy (non-hydrogen) atoms. The number of nitrogens with one attached hydrogen (secondary N) is 2. The zero-order valence-corrected chi connectivity index (χ0v) is 9.41. The van der Waals surface area contributed by atoms with Crippen molar-refractivity contribution < 1.29 is 14.7 Å². The summed E-state index contributed by atoms with van der Waals surface area (Å²) in [5.41, 5.74) is 0.357. The van der Waals surface area contributed by atoms with E-state index in [1.807, 2.05) is 0 Å². The molecule has 0 bridgehead atoms. The van der Waals surface area contributed by atoms with Gasteiger partial charge in [-0.05, 0) is 18.2 Å². The van der Waals surface area contributed by atoms with Gasteiger partial charge >= 0.3 is 12.0 Å². The number of aromatic carboxylic acids is 1. The molecule has 0 radical (unpaired) electrons. The van der Waals surface area contributed by atoms with Crippen molar-refractivity contribution in [2.45, 2.75) is 0 Å². The van der Waals surface area contributed by atoms with E-state index in [-0.39, 0.29) is 17.1 Å². The predicted molar refractivity (Wildman–Crippen MR) is 64.3 cm³/mol. The highest BCUT2D eigenvalue weighted by Crippen LogP contribution is 2.22. The van der Waals surface area contributed by atoms with Gasteiger partial charge in [0, 0.05) is 0 Å². The first-order valence-electron chi connectivity index (χ1n) is 4.55. The van der Waals surface area contributed by atoms with Gasteiger partial charge < -0.3 is 15.7 Å². The van der Waals surface area contributed by atoms with Crippen molar-refractivity contribution in [3.05, 3.63) is 28.8 Å². The number of benzene rings is 1. The number of rotatable bonds is 3. The number of hydrogen-bond donors (Lipinski definition) is 3. The number of carboxylic acids is 1. The molecule has 0 heterocycles. The smallest absolute Gasteiger partial charge is 0.335 e. The average molecular weight is 253 g/mol. The standard InChI is InChI=1S/C11H9ClN2O3/c1-2-5-13-11(17)14-9-4-3-7(10(15)16)6-8(9)12/h1,3-4,6H,5H2,(H,15,16)(H2,13,14,17). The lowest BCUT2D eigenvalue weighted by atomic mass is 10.2. The molecule has 6 heteroatoms. The molecule has 88 valence electrons. The number of halogens is 1. The molecule has 1 aromatic rings. The quantitative estimate of drug-likeness (QED) is 0.718. The van der Waals surface area contributed by atoms with Gasteiger partial charge in [0.05, 0.1) is 22.8 Å². The fraction of sp³-hybridized carbons (Fsp3) is 0.0909. The Morgan fingerprint density at radius 1 is 1.47 bits per heavy atom. The first kappa shape index (κ1) is 12.9. The van der Waals surface area contributed by atoms with Crippen molar-refractivity contribution in [1.29, 1.82) is 0 Å². The number of anilines is 1. The summed E-state index contributed by atoms with van der Waals surface area (Å²) in [6.07, 6.45) is 4.97. The minimum Gasteiger partial charge on any atom is -0.478 e.